The monoisotopic (exact) mass is 227 g/mol. The summed E-state index contributed by atoms with van der Waals surface area (Å²) in [6.45, 7) is 0. The van der Waals surface area contributed by atoms with Gasteiger partial charge < -0.3 is 4.18 Å². The molecule has 6 nitrogen and oxygen atoms in total. The third-order valence-electron chi connectivity index (χ3n) is 1.23. The molecular weight excluding hydrogens is 220 g/mol. The summed E-state index contributed by atoms with van der Waals surface area (Å²) in [6, 6.07) is 0. The van der Waals surface area contributed by atoms with Crippen LogP contribution in [0.3, 0.4) is 0 Å². The first-order valence-corrected chi connectivity index (χ1v) is 4.80. The summed E-state index contributed by atoms with van der Waals surface area (Å²) in [5.74, 6) is -0.565. The Morgan fingerprint density at radius 2 is 2.21 bits per heavy atom. The summed E-state index contributed by atoms with van der Waals surface area (Å²) < 4.78 is 50.5. The second-order valence-electron chi connectivity index (χ2n) is 2.43. The fraction of sp³-hybridized carbons (Fsp3) is 0.400. The fourth-order valence-electron chi connectivity index (χ4n) is 0.824. The largest absolute Gasteiger partial charge is 0.380 e. The first-order valence-electron chi connectivity index (χ1n) is 3.33. The second-order valence-corrected chi connectivity index (χ2v) is 3.58. The van der Waals surface area contributed by atoms with Gasteiger partial charge in [0.25, 0.3) is 6.43 Å². The summed E-state index contributed by atoms with van der Waals surface area (Å²) in [4.78, 5) is 0. The molecule has 0 saturated heterocycles. The molecule has 0 radical (unpaired) electrons. The van der Waals surface area contributed by atoms with E-state index in [2.05, 4.69) is 14.4 Å². The normalized spacial score (nSPS) is 12.1. The lowest BCUT2D eigenvalue weighted by Gasteiger charge is -2.00. The van der Waals surface area contributed by atoms with Crippen LogP contribution in [-0.4, -0.2) is 18.2 Å². The van der Waals surface area contributed by atoms with Gasteiger partial charge in [0.05, 0.1) is 6.20 Å². The van der Waals surface area contributed by atoms with Crippen LogP contribution in [0.25, 0.3) is 0 Å². The smallest absolute Gasteiger partial charge is 0.367 e. The van der Waals surface area contributed by atoms with Crippen molar-refractivity contribution in [2.45, 2.75) is 6.43 Å². The minimum absolute atomic E-state index is 0.565. The van der Waals surface area contributed by atoms with E-state index in [0.717, 1.165) is 10.9 Å². The summed E-state index contributed by atoms with van der Waals surface area (Å²) in [6.07, 6.45) is -1.93. The van der Waals surface area contributed by atoms with Crippen molar-refractivity contribution in [1.29, 1.82) is 0 Å². The van der Waals surface area contributed by atoms with Gasteiger partial charge in [0.15, 0.2) is 11.4 Å². The van der Waals surface area contributed by atoms with Crippen molar-refractivity contribution in [3.63, 3.8) is 0 Å². The zero-order valence-corrected chi connectivity index (χ0v) is 7.83. The van der Waals surface area contributed by atoms with Crippen LogP contribution in [0.5, 0.6) is 5.75 Å². The zero-order chi connectivity index (χ0) is 10.9. The quantitative estimate of drug-likeness (QED) is 0.783. The molecule has 80 valence electrons. The maximum Gasteiger partial charge on any atom is 0.380 e. The van der Waals surface area contributed by atoms with E-state index in [1.165, 1.54) is 7.05 Å². The van der Waals surface area contributed by atoms with Crippen LogP contribution < -0.4 is 9.32 Å². The summed E-state index contributed by atoms with van der Waals surface area (Å²) in [5, 5.41) is 7.83. The lowest BCUT2D eigenvalue weighted by Crippen LogP contribution is -2.19. The molecule has 9 heteroatoms. The lowest BCUT2D eigenvalue weighted by atomic mass is 10.4. The van der Waals surface area contributed by atoms with Crippen molar-refractivity contribution in [3.8, 4) is 5.75 Å². The zero-order valence-electron chi connectivity index (χ0n) is 7.02. The molecule has 1 rings (SSSR count). The van der Waals surface area contributed by atoms with Crippen LogP contribution in [0.4, 0.5) is 8.78 Å². The van der Waals surface area contributed by atoms with Gasteiger partial charge in [-0.05, 0) is 0 Å². The maximum atomic E-state index is 12.2. The number of nitrogens with zero attached hydrogens (tertiary/aromatic N) is 2. The van der Waals surface area contributed by atoms with Crippen LogP contribution in [0.1, 0.15) is 12.1 Å². The molecule has 0 unspecified atom stereocenters. The van der Waals surface area contributed by atoms with Crippen molar-refractivity contribution in [2.24, 2.45) is 12.2 Å². The predicted molar refractivity (Wildman–Crippen MR) is 41.9 cm³/mol. The molecule has 0 atom stereocenters. The number of nitrogens with two attached hydrogens (primary N) is 1. The summed E-state index contributed by atoms with van der Waals surface area (Å²) in [5.41, 5.74) is -0.762. The topological polar surface area (TPSA) is 87.2 Å². The number of aromatic nitrogens is 2. The van der Waals surface area contributed by atoms with Crippen LogP contribution in [-0.2, 0) is 17.4 Å². The number of halogens is 2. The Morgan fingerprint density at radius 1 is 1.64 bits per heavy atom. The van der Waals surface area contributed by atoms with Gasteiger partial charge in [0.1, 0.15) is 0 Å². The van der Waals surface area contributed by atoms with E-state index < -0.39 is 28.2 Å². The molecule has 0 aliphatic rings. The summed E-state index contributed by atoms with van der Waals surface area (Å²) >= 11 is 0. The first kappa shape index (κ1) is 10.9. The van der Waals surface area contributed by atoms with Gasteiger partial charge in [-0.2, -0.15) is 18.7 Å². The average molecular weight is 227 g/mol. The number of hydrogen-bond acceptors (Lipinski definition) is 4. The second kappa shape index (κ2) is 3.50. The van der Waals surface area contributed by atoms with Crippen LogP contribution in [0.15, 0.2) is 6.20 Å². The Hall–Kier alpha value is -1.22. The van der Waals surface area contributed by atoms with Crippen molar-refractivity contribution >= 4 is 10.3 Å². The number of rotatable bonds is 3. The predicted octanol–water partition coefficient (Wildman–Crippen LogP) is -0.0600. The molecule has 0 aliphatic carbocycles. The van der Waals surface area contributed by atoms with Crippen molar-refractivity contribution in [1.82, 2.24) is 9.78 Å². The van der Waals surface area contributed by atoms with Gasteiger partial charge in [-0.3, -0.25) is 4.68 Å². The van der Waals surface area contributed by atoms with Gasteiger partial charge in [0.2, 0.25) is 0 Å². The van der Waals surface area contributed by atoms with E-state index in [1.807, 2.05) is 0 Å². The van der Waals surface area contributed by atoms with Gasteiger partial charge >= 0.3 is 10.3 Å². The Bertz CT molecular complexity index is 427. The average Bonchev–Trinajstić information content (AvgIpc) is 2.27. The van der Waals surface area contributed by atoms with Crippen LogP contribution in [0.2, 0.25) is 0 Å². The first-order chi connectivity index (χ1) is 6.29. The number of alkyl halides is 2. The standard InChI is InChI=1S/C5H7F2N3O3S/c1-10-2-3(13-14(8,11)12)4(9-10)5(6)7/h2,5H,1H3,(H2,8,11,12). The number of aryl methyl sites for hydroxylation is 1. The minimum atomic E-state index is -4.31. The highest BCUT2D eigenvalue weighted by Crippen LogP contribution is 2.27. The van der Waals surface area contributed by atoms with Gasteiger partial charge in [-0.15, -0.1) is 0 Å². The van der Waals surface area contributed by atoms with Crippen molar-refractivity contribution < 1.29 is 21.4 Å². The lowest BCUT2D eigenvalue weighted by molar-refractivity contribution is 0.143. The van der Waals surface area contributed by atoms with E-state index in [1.54, 1.807) is 0 Å². The van der Waals surface area contributed by atoms with Crippen molar-refractivity contribution in [3.05, 3.63) is 11.9 Å². The highest BCUT2D eigenvalue weighted by Gasteiger charge is 2.21. The Kier molecular flexibility index (Phi) is 2.71. The summed E-state index contributed by atoms with van der Waals surface area (Å²) in [7, 11) is -2.96. The molecule has 1 aromatic rings. The molecule has 1 heterocycles. The van der Waals surface area contributed by atoms with E-state index in [4.69, 9.17) is 0 Å². The highest BCUT2D eigenvalue weighted by atomic mass is 32.2. The van der Waals surface area contributed by atoms with E-state index in [0.29, 0.717) is 0 Å². The van der Waals surface area contributed by atoms with Gasteiger partial charge in [-0.25, -0.2) is 8.78 Å². The highest BCUT2D eigenvalue weighted by molar-refractivity contribution is 7.84. The third-order valence-corrected chi connectivity index (χ3v) is 1.65. The van der Waals surface area contributed by atoms with Crippen molar-refractivity contribution in [2.75, 3.05) is 0 Å². The van der Waals surface area contributed by atoms with E-state index in [9.17, 15) is 17.2 Å². The molecule has 2 N–H and O–H groups in total. The van der Waals surface area contributed by atoms with Crippen LogP contribution >= 0.6 is 0 Å². The third kappa shape index (κ3) is 2.64. The fourth-order valence-corrected chi connectivity index (χ4v) is 1.20. The molecule has 0 saturated carbocycles. The minimum Gasteiger partial charge on any atom is -0.367 e. The molecule has 0 amide bonds. The van der Waals surface area contributed by atoms with Crippen LogP contribution in [0, 0.1) is 0 Å². The molecular formula is C5H7F2N3O3S. The molecule has 0 aromatic carbocycles. The van der Waals surface area contributed by atoms with E-state index in [-0.39, 0.29) is 0 Å². The van der Waals surface area contributed by atoms with Gasteiger partial charge in [0, 0.05) is 7.05 Å². The maximum absolute atomic E-state index is 12.2. The van der Waals surface area contributed by atoms with E-state index >= 15 is 0 Å². The molecule has 0 spiro atoms. The molecule has 0 aliphatic heterocycles. The van der Waals surface area contributed by atoms with Gasteiger partial charge in [-0.1, -0.05) is 0 Å². The Morgan fingerprint density at radius 3 is 2.64 bits per heavy atom. The molecule has 14 heavy (non-hydrogen) atoms. The number of hydrogen-bond donors (Lipinski definition) is 1. The SMILES string of the molecule is Cn1cc(OS(N)(=O)=O)c(C(F)F)n1. The molecule has 1 aromatic heterocycles. The molecule has 0 bridgehead atoms. The molecule has 0 fully saturated rings. The Labute approximate surface area is 78.5 Å². The Balaban J connectivity index is 3.08.